The van der Waals surface area contributed by atoms with Crippen LogP contribution in [-0.2, 0) is 6.42 Å². The first-order valence-electron chi connectivity index (χ1n) is 6.55. The van der Waals surface area contributed by atoms with Gasteiger partial charge in [0.25, 0.3) is 0 Å². The number of hydrogen-bond donors (Lipinski definition) is 2. The Kier molecular flexibility index (Phi) is 6.42. The van der Waals surface area contributed by atoms with Gasteiger partial charge in [-0.15, -0.1) is 11.3 Å². The summed E-state index contributed by atoms with van der Waals surface area (Å²) in [6, 6.07) is 4.19. The first-order valence-corrected chi connectivity index (χ1v) is 7.36. The Balaban J connectivity index is 2.45. The number of aliphatic hydroxyl groups excluding tert-OH is 1. The molecule has 1 atom stereocenters. The van der Waals surface area contributed by atoms with Crippen LogP contribution in [0.2, 0.25) is 0 Å². The van der Waals surface area contributed by atoms with Crippen molar-refractivity contribution in [2.24, 2.45) is 5.73 Å². The molecule has 0 aliphatic heterocycles. The molecule has 0 saturated heterocycles. The number of unbranched alkanes of at least 4 members (excludes halogenated alkanes) is 2. The Hall–Kier alpha value is -0.820. The van der Waals surface area contributed by atoms with Gasteiger partial charge in [0.05, 0.1) is 11.5 Å². The van der Waals surface area contributed by atoms with E-state index in [1.54, 1.807) is 11.3 Å². The van der Waals surface area contributed by atoms with Gasteiger partial charge in [0.2, 0.25) is 0 Å². The monoisotopic (exact) mass is 265 g/mol. The van der Waals surface area contributed by atoms with Crippen molar-refractivity contribution in [2.45, 2.75) is 51.5 Å². The molecular formula is C15H23NOS. The second-order valence-electron chi connectivity index (χ2n) is 4.98. The van der Waals surface area contributed by atoms with Gasteiger partial charge in [-0.2, -0.15) is 0 Å². The molecule has 1 heterocycles. The number of nitrogens with two attached hydrogens (primary N) is 1. The molecule has 3 heteroatoms. The van der Waals surface area contributed by atoms with Gasteiger partial charge in [-0.1, -0.05) is 25.2 Å². The third-order valence-corrected chi connectivity index (χ3v) is 3.89. The molecule has 0 aromatic carbocycles. The predicted molar refractivity (Wildman–Crippen MR) is 78.7 cm³/mol. The van der Waals surface area contributed by atoms with Crippen LogP contribution in [0.4, 0.5) is 0 Å². The maximum Gasteiger partial charge on any atom is 0.0771 e. The molecular weight excluding hydrogens is 242 g/mol. The fraction of sp³-hybridized carbons (Fsp3) is 0.600. The van der Waals surface area contributed by atoms with Crippen molar-refractivity contribution in [3.05, 3.63) is 21.9 Å². The van der Waals surface area contributed by atoms with E-state index in [0.29, 0.717) is 0 Å². The molecule has 0 amide bonds. The molecule has 0 fully saturated rings. The average molecular weight is 265 g/mol. The van der Waals surface area contributed by atoms with E-state index in [9.17, 15) is 0 Å². The minimum absolute atomic E-state index is 0.0298. The number of hydrogen-bond acceptors (Lipinski definition) is 3. The largest absolute Gasteiger partial charge is 0.394 e. The molecule has 0 saturated carbocycles. The number of rotatable bonds is 6. The van der Waals surface area contributed by atoms with E-state index in [1.807, 2.05) is 6.92 Å². The minimum Gasteiger partial charge on any atom is -0.394 e. The highest BCUT2D eigenvalue weighted by Gasteiger charge is 2.16. The van der Waals surface area contributed by atoms with Crippen LogP contribution >= 0.6 is 11.3 Å². The van der Waals surface area contributed by atoms with Crippen LogP contribution in [0.1, 0.15) is 49.3 Å². The van der Waals surface area contributed by atoms with Crippen LogP contribution in [0.5, 0.6) is 0 Å². The van der Waals surface area contributed by atoms with Gasteiger partial charge in [0.1, 0.15) is 0 Å². The normalized spacial score (nSPS) is 13.8. The lowest BCUT2D eigenvalue weighted by molar-refractivity contribution is 0.201. The van der Waals surface area contributed by atoms with Crippen LogP contribution in [0, 0.1) is 11.8 Å². The second-order valence-corrected chi connectivity index (χ2v) is 6.15. The maximum absolute atomic E-state index is 9.10. The van der Waals surface area contributed by atoms with Crippen molar-refractivity contribution in [3.63, 3.8) is 0 Å². The fourth-order valence-corrected chi connectivity index (χ4v) is 2.36. The molecule has 0 aliphatic carbocycles. The Labute approximate surface area is 114 Å². The molecule has 3 N–H and O–H groups in total. The van der Waals surface area contributed by atoms with Gasteiger partial charge in [0, 0.05) is 16.8 Å². The second kappa shape index (κ2) is 7.58. The van der Waals surface area contributed by atoms with E-state index in [2.05, 4.69) is 30.9 Å². The van der Waals surface area contributed by atoms with Crippen LogP contribution in [0.25, 0.3) is 0 Å². The van der Waals surface area contributed by atoms with E-state index >= 15 is 0 Å². The summed E-state index contributed by atoms with van der Waals surface area (Å²) in [5, 5.41) is 9.10. The van der Waals surface area contributed by atoms with E-state index < -0.39 is 5.54 Å². The summed E-state index contributed by atoms with van der Waals surface area (Å²) in [4.78, 5) is 2.42. The summed E-state index contributed by atoms with van der Waals surface area (Å²) in [6.07, 6.45) is 5.06. The molecule has 1 unspecified atom stereocenters. The molecule has 100 valence electrons. The smallest absolute Gasteiger partial charge is 0.0771 e. The summed E-state index contributed by atoms with van der Waals surface area (Å²) >= 11 is 1.73. The first-order chi connectivity index (χ1) is 8.57. The van der Waals surface area contributed by atoms with Crippen LogP contribution in [-0.4, -0.2) is 17.3 Å². The van der Waals surface area contributed by atoms with Gasteiger partial charge in [0.15, 0.2) is 0 Å². The molecule has 18 heavy (non-hydrogen) atoms. The SMILES string of the molecule is CCCCC#Cc1ccc(CCC(C)(N)CO)s1. The molecule has 0 aliphatic rings. The van der Waals surface area contributed by atoms with Crippen molar-refractivity contribution in [1.29, 1.82) is 0 Å². The van der Waals surface area contributed by atoms with Gasteiger partial charge in [-0.25, -0.2) is 0 Å². The Morgan fingerprint density at radius 1 is 1.44 bits per heavy atom. The zero-order valence-electron chi connectivity index (χ0n) is 11.3. The third-order valence-electron chi connectivity index (χ3n) is 2.83. The first kappa shape index (κ1) is 15.2. The van der Waals surface area contributed by atoms with Crippen LogP contribution in [0.15, 0.2) is 12.1 Å². The summed E-state index contributed by atoms with van der Waals surface area (Å²) in [7, 11) is 0. The quantitative estimate of drug-likeness (QED) is 0.613. The van der Waals surface area contributed by atoms with Crippen molar-refractivity contribution in [3.8, 4) is 11.8 Å². The Morgan fingerprint density at radius 3 is 2.89 bits per heavy atom. The minimum atomic E-state index is -0.475. The average Bonchev–Trinajstić information content (AvgIpc) is 2.80. The van der Waals surface area contributed by atoms with Crippen molar-refractivity contribution < 1.29 is 5.11 Å². The summed E-state index contributed by atoms with van der Waals surface area (Å²) in [6.45, 7) is 4.09. The van der Waals surface area contributed by atoms with Gasteiger partial charge in [-0.3, -0.25) is 0 Å². The lowest BCUT2D eigenvalue weighted by Gasteiger charge is -2.20. The van der Waals surface area contributed by atoms with Crippen molar-refractivity contribution in [2.75, 3.05) is 6.61 Å². The fourth-order valence-electron chi connectivity index (χ4n) is 1.48. The summed E-state index contributed by atoms with van der Waals surface area (Å²) in [5.74, 6) is 6.39. The Bertz CT molecular complexity index is 412. The molecule has 1 rings (SSSR count). The highest BCUT2D eigenvalue weighted by molar-refractivity contribution is 7.12. The molecule has 0 bridgehead atoms. The highest BCUT2D eigenvalue weighted by Crippen LogP contribution is 2.19. The maximum atomic E-state index is 9.10. The van der Waals surface area contributed by atoms with Gasteiger partial charge >= 0.3 is 0 Å². The van der Waals surface area contributed by atoms with Crippen LogP contribution in [0.3, 0.4) is 0 Å². The molecule has 0 spiro atoms. The van der Waals surface area contributed by atoms with E-state index in [0.717, 1.165) is 24.1 Å². The van der Waals surface area contributed by atoms with E-state index in [4.69, 9.17) is 10.8 Å². The van der Waals surface area contributed by atoms with Crippen molar-refractivity contribution >= 4 is 11.3 Å². The zero-order chi connectivity index (χ0) is 13.4. The van der Waals surface area contributed by atoms with Gasteiger partial charge in [-0.05, 0) is 38.3 Å². The number of thiophene rings is 1. The zero-order valence-corrected chi connectivity index (χ0v) is 12.1. The molecule has 0 radical (unpaired) electrons. The standard InChI is InChI=1S/C15H23NOS/c1-3-4-5-6-7-13-8-9-14(18-13)10-11-15(2,16)12-17/h8-9,17H,3-5,10-12,16H2,1-2H3. The lowest BCUT2D eigenvalue weighted by Crippen LogP contribution is -2.40. The summed E-state index contributed by atoms with van der Waals surface area (Å²) < 4.78 is 0. The van der Waals surface area contributed by atoms with Crippen LogP contribution < -0.4 is 5.73 Å². The molecule has 2 nitrogen and oxygen atoms in total. The predicted octanol–water partition coefficient (Wildman–Crippen LogP) is 2.93. The van der Waals surface area contributed by atoms with Gasteiger partial charge < -0.3 is 10.8 Å². The van der Waals surface area contributed by atoms with E-state index in [-0.39, 0.29) is 6.61 Å². The van der Waals surface area contributed by atoms with E-state index in [1.165, 1.54) is 17.7 Å². The topological polar surface area (TPSA) is 46.2 Å². The molecule has 1 aromatic heterocycles. The highest BCUT2D eigenvalue weighted by atomic mass is 32.1. The Morgan fingerprint density at radius 2 is 2.22 bits per heavy atom. The summed E-state index contributed by atoms with van der Waals surface area (Å²) in [5.41, 5.74) is 5.44. The number of aryl methyl sites for hydroxylation is 1. The molecule has 1 aromatic rings. The third kappa shape index (κ3) is 5.68. The number of aliphatic hydroxyl groups is 1. The lowest BCUT2D eigenvalue weighted by atomic mass is 9.98. The van der Waals surface area contributed by atoms with Crippen molar-refractivity contribution in [1.82, 2.24) is 0 Å².